The molecule has 0 saturated heterocycles. The summed E-state index contributed by atoms with van der Waals surface area (Å²) >= 11 is 5.84. The minimum absolute atomic E-state index is 0.439. The van der Waals surface area contributed by atoms with Gasteiger partial charge in [0.05, 0.1) is 5.02 Å². The molecule has 74 valence electrons. The quantitative estimate of drug-likeness (QED) is 0.837. The number of aliphatic carboxylic acids is 1. The Hall–Kier alpha value is -1.22. The van der Waals surface area contributed by atoms with Gasteiger partial charge in [-0.3, -0.25) is 0 Å². The molecule has 1 saturated carbocycles. The highest BCUT2D eigenvalue weighted by atomic mass is 35.5. The van der Waals surface area contributed by atoms with E-state index in [0.717, 1.165) is 0 Å². The standard InChI is InChI=1S/C10H9ClO3/c11-7-3-1-2-4-8(7)14-10(5-6-10)9(12)13/h1-4H,5-6H2,(H,12,13). The second kappa shape index (κ2) is 3.17. The molecular weight excluding hydrogens is 204 g/mol. The van der Waals surface area contributed by atoms with E-state index in [-0.39, 0.29) is 0 Å². The first-order chi connectivity index (χ1) is 6.64. The Morgan fingerprint density at radius 3 is 2.57 bits per heavy atom. The average Bonchev–Trinajstić information content (AvgIpc) is 2.90. The summed E-state index contributed by atoms with van der Waals surface area (Å²) in [5.41, 5.74) is -1.02. The molecule has 1 aliphatic rings. The molecule has 1 aromatic rings. The van der Waals surface area contributed by atoms with Crippen LogP contribution in [0.25, 0.3) is 0 Å². The summed E-state index contributed by atoms with van der Waals surface area (Å²) in [6.07, 6.45) is 1.10. The van der Waals surface area contributed by atoms with E-state index >= 15 is 0 Å². The van der Waals surface area contributed by atoms with Gasteiger partial charge < -0.3 is 9.84 Å². The topological polar surface area (TPSA) is 46.5 Å². The van der Waals surface area contributed by atoms with Gasteiger partial charge in [0.1, 0.15) is 5.75 Å². The summed E-state index contributed by atoms with van der Waals surface area (Å²) in [7, 11) is 0. The molecule has 2 rings (SSSR count). The highest BCUT2D eigenvalue weighted by molar-refractivity contribution is 6.32. The number of carbonyl (C=O) groups is 1. The Kier molecular flexibility index (Phi) is 2.11. The van der Waals surface area contributed by atoms with Crippen molar-refractivity contribution in [2.24, 2.45) is 0 Å². The van der Waals surface area contributed by atoms with Crippen LogP contribution in [0.1, 0.15) is 12.8 Å². The van der Waals surface area contributed by atoms with E-state index in [1.54, 1.807) is 24.3 Å². The molecule has 0 unspecified atom stereocenters. The molecule has 0 aromatic heterocycles. The molecular formula is C10H9ClO3. The first-order valence-electron chi connectivity index (χ1n) is 4.31. The van der Waals surface area contributed by atoms with Gasteiger partial charge in [-0.2, -0.15) is 0 Å². The smallest absolute Gasteiger partial charge is 0.348 e. The lowest BCUT2D eigenvalue weighted by molar-refractivity contribution is -0.147. The summed E-state index contributed by atoms with van der Waals surface area (Å²) < 4.78 is 5.37. The Morgan fingerprint density at radius 1 is 1.43 bits per heavy atom. The third-order valence-corrected chi connectivity index (χ3v) is 2.55. The van der Waals surface area contributed by atoms with Crippen LogP contribution in [-0.4, -0.2) is 16.7 Å². The Bertz CT molecular complexity index is 371. The first-order valence-corrected chi connectivity index (χ1v) is 4.69. The number of rotatable bonds is 3. The van der Waals surface area contributed by atoms with Crippen molar-refractivity contribution in [1.82, 2.24) is 0 Å². The number of carboxylic acids is 1. The predicted molar refractivity (Wildman–Crippen MR) is 51.7 cm³/mol. The van der Waals surface area contributed by atoms with Crippen molar-refractivity contribution >= 4 is 17.6 Å². The molecule has 0 radical (unpaired) electrons. The van der Waals surface area contributed by atoms with Crippen molar-refractivity contribution in [2.75, 3.05) is 0 Å². The molecule has 0 heterocycles. The maximum atomic E-state index is 10.8. The van der Waals surface area contributed by atoms with Crippen LogP contribution in [0.4, 0.5) is 0 Å². The molecule has 0 atom stereocenters. The summed E-state index contributed by atoms with van der Waals surface area (Å²) in [6.45, 7) is 0. The second-order valence-corrected chi connectivity index (χ2v) is 3.74. The van der Waals surface area contributed by atoms with Gasteiger partial charge in [0.2, 0.25) is 5.60 Å². The van der Waals surface area contributed by atoms with Crippen LogP contribution in [-0.2, 0) is 4.79 Å². The number of halogens is 1. The largest absolute Gasteiger partial charge is 0.478 e. The fraction of sp³-hybridized carbons (Fsp3) is 0.300. The van der Waals surface area contributed by atoms with Gasteiger partial charge in [0, 0.05) is 12.8 Å². The maximum Gasteiger partial charge on any atom is 0.348 e. The van der Waals surface area contributed by atoms with Crippen molar-refractivity contribution in [1.29, 1.82) is 0 Å². The van der Waals surface area contributed by atoms with Crippen LogP contribution >= 0.6 is 11.6 Å². The molecule has 1 aliphatic carbocycles. The van der Waals surface area contributed by atoms with Gasteiger partial charge in [-0.1, -0.05) is 23.7 Å². The lowest BCUT2D eigenvalue weighted by Crippen LogP contribution is -2.29. The Balaban J connectivity index is 2.19. The molecule has 1 N–H and O–H groups in total. The number of benzene rings is 1. The lowest BCUT2D eigenvalue weighted by atomic mass is 10.3. The molecule has 1 fully saturated rings. The van der Waals surface area contributed by atoms with Gasteiger partial charge in [0.25, 0.3) is 0 Å². The van der Waals surface area contributed by atoms with Crippen LogP contribution in [0.3, 0.4) is 0 Å². The monoisotopic (exact) mass is 212 g/mol. The molecule has 14 heavy (non-hydrogen) atoms. The van der Waals surface area contributed by atoms with Crippen molar-refractivity contribution in [3.8, 4) is 5.75 Å². The molecule has 0 aliphatic heterocycles. The van der Waals surface area contributed by atoms with Crippen LogP contribution in [0.2, 0.25) is 5.02 Å². The van der Waals surface area contributed by atoms with E-state index < -0.39 is 11.6 Å². The van der Waals surface area contributed by atoms with Crippen molar-refractivity contribution in [3.05, 3.63) is 29.3 Å². The molecule has 0 spiro atoms. The number of carboxylic acid groups (broad SMARTS) is 1. The summed E-state index contributed by atoms with van der Waals surface area (Å²) in [4.78, 5) is 10.8. The SMILES string of the molecule is O=C(O)C1(Oc2ccccc2Cl)CC1. The van der Waals surface area contributed by atoms with E-state index in [1.165, 1.54) is 0 Å². The predicted octanol–water partition coefficient (Wildman–Crippen LogP) is 2.34. The van der Waals surface area contributed by atoms with Crippen LogP contribution < -0.4 is 4.74 Å². The van der Waals surface area contributed by atoms with Crippen molar-refractivity contribution in [3.63, 3.8) is 0 Å². The Labute approximate surface area is 86.3 Å². The minimum Gasteiger partial charge on any atom is -0.478 e. The molecule has 0 amide bonds. The third-order valence-electron chi connectivity index (χ3n) is 2.24. The first kappa shape index (κ1) is 9.34. The molecule has 1 aromatic carbocycles. The zero-order valence-corrected chi connectivity index (χ0v) is 8.12. The van der Waals surface area contributed by atoms with Gasteiger partial charge in [-0.05, 0) is 12.1 Å². The number of ether oxygens (including phenoxy) is 1. The normalized spacial score (nSPS) is 17.5. The number of hydrogen-bond acceptors (Lipinski definition) is 2. The van der Waals surface area contributed by atoms with E-state index in [1.807, 2.05) is 0 Å². The summed E-state index contributed by atoms with van der Waals surface area (Å²) in [6, 6.07) is 6.88. The summed E-state index contributed by atoms with van der Waals surface area (Å²) in [5, 5.41) is 9.33. The van der Waals surface area contributed by atoms with Gasteiger partial charge >= 0.3 is 5.97 Å². The summed E-state index contributed by atoms with van der Waals surface area (Å²) in [5.74, 6) is -0.480. The van der Waals surface area contributed by atoms with E-state index in [9.17, 15) is 4.79 Å². The number of para-hydroxylation sites is 1. The highest BCUT2D eigenvalue weighted by Gasteiger charge is 2.53. The lowest BCUT2D eigenvalue weighted by Gasteiger charge is -2.13. The Morgan fingerprint density at radius 2 is 2.07 bits per heavy atom. The number of hydrogen-bond donors (Lipinski definition) is 1. The van der Waals surface area contributed by atoms with Crippen LogP contribution in [0.5, 0.6) is 5.75 Å². The highest BCUT2D eigenvalue weighted by Crippen LogP contribution is 2.42. The third kappa shape index (κ3) is 1.55. The van der Waals surface area contributed by atoms with Crippen LogP contribution in [0, 0.1) is 0 Å². The van der Waals surface area contributed by atoms with Gasteiger partial charge in [-0.25, -0.2) is 4.79 Å². The van der Waals surface area contributed by atoms with E-state index in [0.29, 0.717) is 23.6 Å². The zero-order chi connectivity index (χ0) is 10.2. The zero-order valence-electron chi connectivity index (χ0n) is 7.37. The molecule has 0 bridgehead atoms. The molecule has 4 heteroatoms. The fourth-order valence-corrected chi connectivity index (χ4v) is 1.39. The van der Waals surface area contributed by atoms with E-state index in [4.69, 9.17) is 21.4 Å². The van der Waals surface area contributed by atoms with Gasteiger partial charge in [-0.15, -0.1) is 0 Å². The van der Waals surface area contributed by atoms with Crippen molar-refractivity contribution in [2.45, 2.75) is 18.4 Å². The fourth-order valence-electron chi connectivity index (χ4n) is 1.21. The maximum absolute atomic E-state index is 10.8. The minimum atomic E-state index is -1.02. The van der Waals surface area contributed by atoms with Crippen LogP contribution in [0.15, 0.2) is 24.3 Å². The average molecular weight is 213 g/mol. The van der Waals surface area contributed by atoms with Gasteiger partial charge in [0.15, 0.2) is 0 Å². The van der Waals surface area contributed by atoms with E-state index in [2.05, 4.69) is 0 Å². The second-order valence-electron chi connectivity index (χ2n) is 3.33. The van der Waals surface area contributed by atoms with Crippen molar-refractivity contribution < 1.29 is 14.6 Å². The molecule has 3 nitrogen and oxygen atoms in total.